The first kappa shape index (κ1) is 14.3. The van der Waals surface area contributed by atoms with Crippen molar-refractivity contribution in [1.82, 2.24) is 0 Å². The minimum atomic E-state index is -1.16. The molecule has 1 aliphatic rings. The van der Waals surface area contributed by atoms with E-state index in [1.165, 1.54) is 0 Å². The summed E-state index contributed by atoms with van der Waals surface area (Å²) in [6.07, 6.45) is 4.20. The molecule has 0 N–H and O–H groups in total. The van der Waals surface area contributed by atoms with Gasteiger partial charge in [-0.25, -0.2) is 0 Å². The van der Waals surface area contributed by atoms with E-state index >= 15 is 0 Å². The van der Waals surface area contributed by atoms with Crippen LogP contribution in [0.15, 0.2) is 35.2 Å². The molecular weight excluding hydrogens is 260 g/mol. The lowest BCUT2D eigenvalue weighted by Gasteiger charge is -2.17. The molecule has 1 saturated heterocycles. The van der Waals surface area contributed by atoms with Crippen LogP contribution in [-0.4, -0.2) is 21.5 Å². The molecule has 0 spiro atoms. The molecule has 2 rings (SSSR count). The van der Waals surface area contributed by atoms with Crippen LogP contribution in [0.5, 0.6) is 0 Å². The zero-order valence-electron chi connectivity index (χ0n) is 11.2. The summed E-state index contributed by atoms with van der Waals surface area (Å²) in [5.41, 5.74) is 0. The maximum Gasteiger partial charge on any atom is 0.307 e. The van der Waals surface area contributed by atoms with E-state index in [4.69, 9.17) is 4.74 Å². The van der Waals surface area contributed by atoms with Gasteiger partial charge in [-0.3, -0.25) is 9.00 Å². The number of esters is 1. The van der Waals surface area contributed by atoms with E-state index in [1.54, 1.807) is 0 Å². The Hall–Kier alpha value is -1.16. The Bertz CT molecular complexity index is 444. The Morgan fingerprint density at radius 1 is 1.26 bits per heavy atom. The largest absolute Gasteiger partial charge is 0.461 e. The number of unbranched alkanes of at least 4 members (excludes halogenated alkanes) is 2. The molecule has 0 saturated carbocycles. The third-order valence-corrected chi connectivity index (χ3v) is 5.16. The van der Waals surface area contributed by atoms with Crippen molar-refractivity contribution in [3.8, 4) is 0 Å². The molecule has 19 heavy (non-hydrogen) atoms. The van der Waals surface area contributed by atoms with Gasteiger partial charge in [-0.1, -0.05) is 38.0 Å². The number of hydrogen-bond donors (Lipinski definition) is 0. The highest BCUT2D eigenvalue weighted by molar-refractivity contribution is 7.85. The monoisotopic (exact) mass is 280 g/mol. The first-order valence-corrected chi connectivity index (χ1v) is 8.08. The highest BCUT2D eigenvalue weighted by Crippen LogP contribution is 2.28. The lowest BCUT2D eigenvalue weighted by molar-refractivity contribution is -0.141. The van der Waals surface area contributed by atoms with E-state index in [9.17, 15) is 9.00 Å². The second-order valence-corrected chi connectivity index (χ2v) is 6.55. The Morgan fingerprint density at radius 3 is 2.68 bits per heavy atom. The molecule has 1 heterocycles. The van der Waals surface area contributed by atoms with Crippen molar-refractivity contribution in [2.45, 2.75) is 55.3 Å². The normalized spacial score (nSPS) is 24.2. The summed E-state index contributed by atoms with van der Waals surface area (Å²) < 4.78 is 17.8. The molecule has 0 bridgehead atoms. The van der Waals surface area contributed by atoms with Crippen LogP contribution in [0, 0.1) is 0 Å². The van der Waals surface area contributed by atoms with Crippen molar-refractivity contribution in [3.05, 3.63) is 30.3 Å². The van der Waals surface area contributed by atoms with Gasteiger partial charge in [-0.15, -0.1) is 0 Å². The number of cyclic esters (lactones) is 1. The van der Waals surface area contributed by atoms with Crippen molar-refractivity contribution >= 4 is 16.8 Å². The number of benzene rings is 1. The highest BCUT2D eigenvalue weighted by atomic mass is 32.2. The number of carbonyl (C=O) groups excluding carboxylic acids is 1. The summed E-state index contributed by atoms with van der Waals surface area (Å²) in [6.45, 7) is 2.14. The summed E-state index contributed by atoms with van der Waals surface area (Å²) in [7, 11) is -1.16. The molecule has 1 aromatic carbocycles. The van der Waals surface area contributed by atoms with Gasteiger partial charge in [0, 0.05) is 4.90 Å². The van der Waals surface area contributed by atoms with E-state index in [1.807, 2.05) is 30.3 Å². The number of carbonyl (C=O) groups is 1. The van der Waals surface area contributed by atoms with Crippen LogP contribution in [0.1, 0.15) is 39.0 Å². The second kappa shape index (κ2) is 6.85. The first-order chi connectivity index (χ1) is 9.22. The molecule has 1 fully saturated rings. The third-order valence-electron chi connectivity index (χ3n) is 3.41. The molecule has 3 unspecified atom stereocenters. The summed E-state index contributed by atoms with van der Waals surface area (Å²) in [6, 6.07) is 9.34. The lowest BCUT2D eigenvalue weighted by Crippen LogP contribution is -2.26. The van der Waals surface area contributed by atoms with Gasteiger partial charge in [0.05, 0.1) is 22.5 Å². The molecule has 3 nitrogen and oxygen atoms in total. The fourth-order valence-electron chi connectivity index (χ4n) is 2.37. The van der Waals surface area contributed by atoms with Crippen LogP contribution in [0.25, 0.3) is 0 Å². The van der Waals surface area contributed by atoms with Crippen molar-refractivity contribution < 1.29 is 13.7 Å². The van der Waals surface area contributed by atoms with E-state index in [0.717, 1.165) is 30.6 Å². The van der Waals surface area contributed by atoms with Crippen LogP contribution in [0.2, 0.25) is 0 Å². The molecule has 3 atom stereocenters. The van der Waals surface area contributed by atoms with Gasteiger partial charge < -0.3 is 4.74 Å². The summed E-state index contributed by atoms with van der Waals surface area (Å²) in [5.74, 6) is -0.212. The minimum absolute atomic E-state index is 0.180. The van der Waals surface area contributed by atoms with Gasteiger partial charge in [0.2, 0.25) is 0 Å². The Balaban J connectivity index is 2.04. The van der Waals surface area contributed by atoms with Crippen LogP contribution < -0.4 is 0 Å². The Labute approximate surface area is 116 Å². The standard InChI is InChI=1S/C15H20O3S/c1-2-3-5-10-13-14(11-15(16)18-13)19(17)12-8-6-4-7-9-12/h4,6-9,13-14H,2-3,5,10-11H2,1H3. The molecule has 1 aromatic rings. The van der Waals surface area contributed by atoms with Gasteiger partial charge in [0.1, 0.15) is 6.10 Å². The van der Waals surface area contributed by atoms with E-state index in [-0.39, 0.29) is 23.7 Å². The number of rotatable bonds is 6. The highest BCUT2D eigenvalue weighted by Gasteiger charge is 2.38. The smallest absolute Gasteiger partial charge is 0.307 e. The predicted octanol–water partition coefficient (Wildman–Crippen LogP) is 3.06. The maximum absolute atomic E-state index is 12.5. The van der Waals surface area contributed by atoms with Gasteiger partial charge >= 0.3 is 5.97 Å². The predicted molar refractivity (Wildman–Crippen MR) is 75.3 cm³/mol. The summed E-state index contributed by atoms with van der Waals surface area (Å²) in [5, 5.41) is -0.188. The molecule has 0 amide bonds. The van der Waals surface area contributed by atoms with Crippen molar-refractivity contribution in [2.75, 3.05) is 0 Å². The van der Waals surface area contributed by atoms with E-state index in [0.29, 0.717) is 0 Å². The molecule has 0 radical (unpaired) electrons. The summed E-state index contributed by atoms with van der Waals surface area (Å²) >= 11 is 0. The van der Waals surface area contributed by atoms with E-state index < -0.39 is 10.8 Å². The van der Waals surface area contributed by atoms with Crippen LogP contribution in [0.3, 0.4) is 0 Å². The number of hydrogen-bond acceptors (Lipinski definition) is 3. The fraction of sp³-hybridized carbons (Fsp3) is 0.533. The van der Waals surface area contributed by atoms with Gasteiger partial charge in [-0.05, 0) is 25.0 Å². The van der Waals surface area contributed by atoms with Gasteiger partial charge in [0.15, 0.2) is 0 Å². The molecule has 0 aliphatic carbocycles. The fourth-order valence-corrected chi connectivity index (χ4v) is 3.90. The van der Waals surface area contributed by atoms with Crippen LogP contribution in [0.4, 0.5) is 0 Å². The van der Waals surface area contributed by atoms with E-state index in [2.05, 4.69) is 6.92 Å². The quantitative estimate of drug-likeness (QED) is 0.594. The first-order valence-electron chi connectivity index (χ1n) is 6.87. The van der Waals surface area contributed by atoms with Crippen molar-refractivity contribution in [2.24, 2.45) is 0 Å². The lowest BCUT2D eigenvalue weighted by atomic mass is 10.1. The average molecular weight is 280 g/mol. The SMILES string of the molecule is CCCCCC1OC(=O)CC1S(=O)c1ccccc1. The molecular formula is C15H20O3S. The maximum atomic E-state index is 12.5. The van der Waals surface area contributed by atoms with Crippen molar-refractivity contribution in [3.63, 3.8) is 0 Å². The third kappa shape index (κ3) is 3.66. The minimum Gasteiger partial charge on any atom is -0.461 e. The number of ether oxygens (including phenoxy) is 1. The Kier molecular flexibility index (Phi) is 5.14. The van der Waals surface area contributed by atoms with Crippen LogP contribution in [-0.2, 0) is 20.3 Å². The molecule has 0 aromatic heterocycles. The topological polar surface area (TPSA) is 43.4 Å². The van der Waals surface area contributed by atoms with Gasteiger partial charge in [0.25, 0.3) is 0 Å². The van der Waals surface area contributed by atoms with Crippen molar-refractivity contribution in [1.29, 1.82) is 0 Å². The van der Waals surface area contributed by atoms with Gasteiger partial charge in [-0.2, -0.15) is 0 Å². The zero-order chi connectivity index (χ0) is 13.7. The van der Waals surface area contributed by atoms with Crippen LogP contribution >= 0.6 is 0 Å². The summed E-state index contributed by atoms with van der Waals surface area (Å²) in [4.78, 5) is 12.3. The zero-order valence-corrected chi connectivity index (χ0v) is 12.0. The Morgan fingerprint density at radius 2 is 2.00 bits per heavy atom. The second-order valence-electron chi connectivity index (χ2n) is 4.88. The molecule has 1 aliphatic heterocycles. The molecule has 104 valence electrons. The molecule has 4 heteroatoms. The average Bonchev–Trinajstić information content (AvgIpc) is 2.80.